The SMILES string of the molecule is CC(C)CO.CCC(=O)CC(=O)[O-].CCC(=O)CC(=O)[O-].CCC(=O)CC(=O)[O-].[Ti+3]. The largest absolute Gasteiger partial charge is 3.00 e. The Labute approximate surface area is 191 Å². The first kappa shape index (κ1) is 38.7. The van der Waals surface area contributed by atoms with Gasteiger partial charge in [0.15, 0.2) is 0 Å². The van der Waals surface area contributed by atoms with Crippen molar-refractivity contribution in [2.45, 2.75) is 73.1 Å². The first-order valence-corrected chi connectivity index (χ1v) is 9.02. The topological polar surface area (TPSA) is 192 Å². The van der Waals surface area contributed by atoms with Crippen molar-refractivity contribution in [3.63, 3.8) is 0 Å². The fourth-order valence-electron chi connectivity index (χ4n) is 0.858. The van der Waals surface area contributed by atoms with Gasteiger partial charge in [0, 0.05) is 63.0 Å². The van der Waals surface area contributed by atoms with Crippen LogP contribution in [-0.2, 0) is 50.5 Å². The quantitative estimate of drug-likeness (QED) is 0.276. The van der Waals surface area contributed by atoms with Crippen molar-refractivity contribution in [1.29, 1.82) is 0 Å². The summed E-state index contributed by atoms with van der Waals surface area (Å²) in [6.45, 7) is 9.10. The van der Waals surface area contributed by atoms with E-state index in [2.05, 4.69) is 0 Å². The Hall–Kier alpha value is -1.91. The zero-order chi connectivity index (χ0) is 24.0. The molecule has 0 aromatic heterocycles. The third kappa shape index (κ3) is 50.2. The van der Waals surface area contributed by atoms with E-state index in [0.29, 0.717) is 12.5 Å². The molecule has 1 radical (unpaired) electrons. The van der Waals surface area contributed by atoms with Gasteiger partial charge in [-0.1, -0.05) is 34.6 Å². The van der Waals surface area contributed by atoms with Crippen molar-refractivity contribution in [1.82, 2.24) is 0 Å². The van der Waals surface area contributed by atoms with Gasteiger partial charge in [-0.25, -0.2) is 0 Å². The molecule has 0 saturated carbocycles. The molecule has 0 aliphatic heterocycles. The van der Waals surface area contributed by atoms with Gasteiger partial charge < -0.3 is 34.8 Å². The fraction of sp³-hybridized carbons (Fsp3) is 0.684. The van der Waals surface area contributed by atoms with Crippen molar-refractivity contribution in [2.75, 3.05) is 6.61 Å². The third-order valence-electron chi connectivity index (χ3n) is 2.57. The molecule has 171 valence electrons. The minimum Gasteiger partial charge on any atom is -0.550 e. The summed E-state index contributed by atoms with van der Waals surface area (Å²) in [5.74, 6) is -4.31. The first-order valence-electron chi connectivity index (χ1n) is 9.02. The van der Waals surface area contributed by atoms with Crippen molar-refractivity contribution in [3.8, 4) is 0 Å². The molecule has 0 atom stereocenters. The van der Waals surface area contributed by atoms with E-state index < -0.39 is 37.2 Å². The molecular formula is C19H31O10Ti. The van der Waals surface area contributed by atoms with Gasteiger partial charge in [-0.2, -0.15) is 0 Å². The number of Topliss-reactive ketones (excluding diaryl/α,β-unsaturated/α-hetero) is 3. The molecule has 0 aliphatic rings. The molecule has 0 unspecified atom stereocenters. The van der Waals surface area contributed by atoms with Crippen molar-refractivity contribution < 1.29 is 70.9 Å². The van der Waals surface area contributed by atoms with Gasteiger partial charge >= 0.3 is 21.7 Å². The number of aliphatic hydroxyl groups is 1. The van der Waals surface area contributed by atoms with Crippen LogP contribution in [-0.4, -0.2) is 47.0 Å². The summed E-state index contributed by atoms with van der Waals surface area (Å²) in [5, 5.41) is 37.1. The van der Waals surface area contributed by atoms with Gasteiger partial charge in [0.1, 0.15) is 17.3 Å². The Kier molecular flexibility index (Phi) is 34.9. The Morgan fingerprint density at radius 3 is 0.833 bits per heavy atom. The van der Waals surface area contributed by atoms with E-state index in [0.717, 1.165) is 0 Å². The second kappa shape index (κ2) is 27.1. The van der Waals surface area contributed by atoms with Gasteiger partial charge in [-0.15, -0.1) is 0 Å². The molecule has 0 aromatic carbocycles. The molecule has 0 fully saturated rings. The second-order valence-electron chi connectivity index (χ2n) is 5.90. The summed E-state index contributed by atoms with van der Waals surface area (Å²) in [5.41, 5.74) is 0. The van der Waals surface area contributed by atoms with Crippen LogP contribution in [0.2, 0.25) is 0 Å². The average molecular weight is 467 g/mol. The molecule has 0 rings (SSSR count). The normalized spacial score (nSPS) is 8.50. The van der Waals surface area contributed by atoms with E-state index in [1.165, 1.54) is 0 Å². The molecular weight excluding hydrogens is 436 g/mol. The molecule has 1 N–H and O–H groups in total. The van der Waals surface area contributed by atoms with E-state index in [9.17, 15) is 44.1 Å². The van der Waals surface area contributed by atoms with E-state index in [1.54, 1.807) is 20.8 Å². The smallest absolute Gasteiger partial charge is 0.550 e. The number of carboxylic acids is 3. The molecule has 0 saturated heterocycles. The molecule has 0 amide bonds. The first-order chi connectivity index (χ1) is 13.3. The Balaban J connectivity index is -0.0000000929. The minimum atomic E-state index is -1.29. The Morgan fingerprint density at radius 2 is 0.800 bits per heavy atom. The van der Waals surface area contributed by atoms with Crippen LogP contribution in [0.5, 0.6) is 0 Å². The maximum absolute atomic E-state index is 10.2. The number of carbonyl (C=O) groups excluding carboxylic acids is 6. The zero-order valence-electron chi connectivity index (χ0n) is 18.1. The van der Waals surface area contributed by atoms with Crippen molar-refractivity contribution in [2.24, 2.45) is 5.92 Å². The molecule has 30 heavy (non-hydrogen) atoms. The molecule has 0 spiro atoms. The number of carbonyl (C=O) groups is 6. The van der Waals surface area contributed by atoms with Gasteiger partial charge in [0.2, 0.25) is 0 Å². The third-order valence-corrected chi connectivity index (χ3v) is 2.57. The molecule has 10 nitrogen and oxygen atoms in total. The van der Waals surface area contributed by atoms with Gasteiger partial charge in [0.25, 0.3) is 0 Å². The van der Waals surface area contributed by atoms with Crippen LogP contribution in [0.1, 0.15) is 73.1 Å². The van der Waals surface area contributed by atoms with Crippen LogP contribution in [0.25, 0.3) is 0 Å². The minimum absolute atomic E-state index is 0. The summed E-state index contributed by atoms with van der Waals surface area (Å²) in [7, 11) is 0. The number of aliphatic hydroxyl groups excluding tert-OH is 1. The molecule has 0 aromatic rings. The number of hydrogen-bond donors (Lipinski definition) is 1. The van der Waals surface area contributed by atoms with Crippen LogP contribution in [0.4, 0.5) is 0 Å². The molecule has 0 heterocycles. The predicted molar refractivity (Wildman–Crippen MR) is 96.7 cm³/mol. The number of hydrogen-bond acceptors (Lipinski definition) is 10. The Bertz CT molecular complexity index is 449. The van der Waals surface area contributed by atoms with E-state index in [1.807, 2.05) is 13.8 Å². The maximum Gasteiger partial charge on any atom is 3.00 e. The fourth-order valence-corrected chi connectivity index (χ4v) is 0.858. The van der Waals surface area contributed by atoms with Crippen LogP contribution in [0.3, 0.4) is 0 Å². The van der Waals surface area contributed by atoms with E-state index >= 15 is 0 Å². The summed E-state index contributed by atoms with van der Waals surface area (Å²) < 4.78 is 0. The average Bonchev–Trinajstić information content (AvgIpc) is 2.61. The zero-order valence-corrected chi connectivity index (χ0v) is 19.7. The summed E-state index contributed by atoms with van der Waals surface area (Å²) in [6, 6.07) is 0. The monoisotopic (exact) mass is 467 g/mol. The van der Waals surface area contributed by atoms with Gasteiger partial charge in [0.05, 0.1) is 0 Å². The summed E-state index contributed by atoms with van der Waals surface area (Å²) in [6.07, 6.45) is -0.528. The van der Waals surface area contributed by atoms with Crippen molar-refractivity contribution >= 4 is 35.3 Å². The molecule has 11 heteroatoms. The number of rotatable bonds is 10. The van der Waals surface area contributed by atoms with Crippen molar-refractivity contribution in [3.05, 3.63) is 0 Å². The van der Waals surface area contributed by atoms with Gasteiger partial charge in [-0.3, -0.25) is 14.4 Å². The van der Waals surface area contributed by atoms with E-state index in [4.69, 9.17) is 5.11 Å². The van der Waals surface area contributed by atoms with Crippen LogP contribution < -0.4 is 15.3 Å². The number of ketones is 3. The summed E-state index contributed by atoms with van der Waals surface area (Å²) in [4.78, 5) is 59.5. The van der Waals surface area contributed by atoms with Crippen LogP contribution >= 0.6 is 0 Å². The standard InChI is InChI=1S/3C5H8O3.C4H10O.Ti/c3*1-2-4(6)3-5(7)8;1-4(2)3-5;/h3*2-3H2,1H3,(H,7,8);4-5H,3H2,1-2H3;/q;;;;+3/p-3. The van der Waals surface area contributed by atoms with Crippen LogP contribution in [0, 0.1) is 5.92 Å². The van der Waals surface area contributed by atoms with Crippen LogP contribution in [0.15, 0.2) is 0 Å². The molecule has 0 bridgehead atoms. The second-order valence-corrected chi connectivity index (χ2v) is 5.90. The Morgan fingerprint density at radius 1 is 0.633 bits per heavy atom. The van der Waals surface area contributed by atoms with E-state index in [-0.39, 0.29) is 58.3 Å². The number of aliphatic carboxylic acids is 3. The predicted octanol–water partition coefficient (Wildman–Crippen LogP) is -2.05. The summed E-state index contributed by atoms with van der Waals surface area (Å²) >= 11 is 0. The number of carboxylic acid groups (broad SMARTS) is 3. The van der Waals surface area contributed by atoms with Gasteiger partial charge in [-0.05, 0) is 5.92 Å². The molecule has 0 aliphatic carbocycles. The maximum atomic E-state index is 10.2.